The molecule has 0 aliphatic carbocycles. The topological polar surface area (TPSA) is 49.8 Å². The van der Waals surface area contributed by atoms with Gasteiger partial charge in [-0.2, -0.15) is 0 Å². The fourth-order valence-corrected chi connectivity index (χ4v) is 1.95. The van der Waals surface area contributed by atoms with Crippen LogP contribution in [-0.4, -0.2) is 48.3 Å². The molecule has 4 nitrogen and oxygen atoms in total. The van der Waals surface area contributed by atoms with Crippen LogP contribution in [0.25, 0.3) is 0 Å². The Bertz CT molecular complexity index is 195. The lowest BCUT2D eigenvalue weighted by Crippen LogP contribution is -2.52. The van der Waals surface area contributed by atoms with Crippen LogP contribution < -0.4 is 0 Å². The lowest BCUT2D eigenvalue weighted by atomic mass is 10.00. The van der Waals surface area contributed by atoms with Crippen LogP contribution in [0.1, 0.15) is 12.8 Å². The summed E-state index contributed by atoms with van der Waals surface area (Å²) in [6.07, 6.45) is 2.64. The third-order valence-electron chi connectivity index (χ3n) is 2.79. The molecule has 0 saturated carbocycles. The average molecular weight is 185 g/mol. The number of carbonyl (C=O) groups is 1. The summed E-state index contributed by atoms with van der Waals surface area (Å²) >= 11 is 0. The lowest BCUT2D eigenvalue weighted by Gasteiger charge is -2.37. The van der Waals surface area contributed by atoms with Crippen LogP contribution in [0, 0.1) is 5.92 Å². The Morgan fingerprint density at radius 1 is 1.54 bits per heavy atom. The number of likely N-dealkylation sites (tertiary alicyclic amines) is 1. The van der Waals surface area contributed by atoms with Gasteiger partial charge in [0.25, 0.3) is 0 Å². The molecule has 1 N–H and O–H groups in total. The SMILES string of the molecule is O=C(O)C1CN(C[C@H]2CCCO2)C1. The van der Waals surface area contributed by atoms with E-state index in [2.05, 4.69) is 4.90 Å². The highest BCUT2D eigenvalue weighted by Gasteiger charge is 2.34. The molecule has 0 radical (unpaired) electrons. The van der Waals surface area contributed by atoms with Crippen LogP contribution in [0.2, 0.25) is 0 Å². The van der Waals surface area contributed by atoms with E-state index in [1.165, 1.54) is 0 Å². The summed E-state index contributed by atoms with van der Waals surface area (Å²) in [7, 11) is 0. The van der Waals surface area contributed by atoms with Crippen LogP contribution in [0.4, 0.5) is 0 Å². The van der Waals surface area contributed by atoms with Gasteiger partial charge in [0.05, 0.1) is 12.0 Å². The van der Waals surface area contributed by atoms with E-state index in [1.807, 2.05) is 0 Å². The molecular formula is C9H15NO3. The Hall–Kier alpha value is -0.610. The van der Waals surface area contributed by atoms with E-state index >= 15 is 0 Å². The number of rotatable bonds is 3. The Kier molecular flexibility index (Phi) is 2.51. The average Bonchev–Trinajstić information content (AvgIpc) is 2.46. The molecule has 4 heteroatoms. The van der Waals surface area contributed by atoms with Crippen LogP contribution >= 0.6 is 0 Å². The summed E-state index contributed by atoms with van der Waals surface area (Å²) in [4.78, 5) is 12.7. The molecule has 0 aromatic carbocycles. The van der Waals surface area contributed by atoms with Crippen LogP contribution in [0.15, 0.2) is 0 Å². The second-order valence-electron chi connectivity index (χ2n) is 3.89. The lowest BCUT2D eigenvalue weighted by molar-refractivity contribution is -0.148. The Balaban J connectivity index is 1.66. The van der Waals surface area contributed by atoms with Crippen molar-refractivity contribution >= 4 is 5.97 Å². The summed E-state index contributed by atoms with van der Waals surface area (Å²) < 4.78 is 5.47. The summed E-state index contributed by atoms with van der Waals surface area (Å²) in [5, 5.41) is 8.65. The maximum Gasteiger partial charge on any atom is 0.309 e. The number of carboxylic acids is 1. The second-order valence-corrected chi connectivity index (χ2v) is 3.89. The predicted octanol–water partition coefficient (Wildman–Crippen LogP) is 0.182. The van der Waals surface area contributed by atoms with Crippen molar-refractivity contribution in [3.8, 4) is 0 Å². The first-order valence-corrected chi connectivity index (χ1v) is 4.82. The van der Waals surface area contributed by atoms with Gasteiger partial charge in [-0.25, -0.2) is 0 Å². The Morgan fingerprint density at radius 3 is 2.85 bits per heavy atom. The summed E-state index contributed by atoms with van der Waals surface area (Å²) in [6.45, 7) is 3.20. The predicted molar refractivity (Wildman–Crippen MR) is 46.5 cm³/mol. The molecule has 0 bridgehead atoms. The van der Waals surface area contributed by atoms with Crippen molar-refractivity contribution in [1.29, 1.82) is 0 Å². The Morgan fingerprint density at radius 2 is 2.31 bits per heavy atom. The first-order valence-electron chi connectivity index (χ1n) is 4.82. The van der Waals surface area contributed by atoms with Crippen molar-refractivity contribution in [2.45, 2.75) is 18.9 Å². The number of hydrogen-bond donors (Lipinski definition) is 1. The minimum absolute atomic E-state index is 0.138. The van der Waals surface area contributed by atoms with E-state index in [0.717, 1.165) is 26.0 Å². The minimum Gasteiger partial charge on any atom is -0.481 e. The monoisotopic (exact) mass is 185 g/mol. The van der Waals surface area contributed by atoms with Crippen LogP contribution in [0.5, 0.6) is 0 Å². The number of carboxylic acid groups (broad SMARTS) is 1. The van der Waals surface area contributed by atoms with Gasteiger partial charge in [0, 0.05) is 26.2 Å². The van der Waals surface area contributed by atoms with Crippen molar-refractivity contribution in [3.63, 3.8) is 0 Å². The van der Waals surface area contributed by atoms with Gasteiger partial charge in [-0.15, -0.1) is 0 Å². The van der Waals surface area contributed by atoms with Crippen LogP contribution in [0.3, 0.4) is 0 Å². The first-order chi connectivity index (χ1) is 6.25. The van der Waals surface area contributed by atoms with Crippen molar-refractivity contribution < 1.29 is 14.6 Å². The van der Waals surface area contributed by atoms with Gasteiger partial charge in [0.15, 0.2) is 0 Å². The van der Waals surface area contributed by atoms with Crippen molar-refractivity contribution in [2.75, 3.05) is 26.2 Å². The smallest absolute Gasteiger partial charge is 0.309 e. The fraction of sp³-hybridized carbons (Fsp3) is 0.889. The standard InChI is InChI=1S/C9H15NO3/c11-9(12)7-4-10(5-7)6-8-2-1-3-13-8/h7-8H,1-6H2,(H,11,12)/t8-/m1/s1. The first kappa shape index (κ1) is 8.97. The molecule has 2 fully saturated rings. The highest BCUT2D eigenvalue weighted by Crippen LogP contribution is 2.20. The molecule has 0 aromatic rings. The number of aliphatic carboxylic acids is 1. The minimum atomic E-state index is -0.663. The van der Waals surface area contributed by atoms with Gasteiger partial charge in [0.2, 0.25) is 0 Å². The molecule has 0 unspecified atom stereocenters. The summed E-state index contributed by atoms with van der Waals surface area (Å²) in [6, 6.07) is 0. The third-order valence-corrected chi connectivity index (χ3v) is 2.79. The zero-order valence-electron chi connectivity index (χ0n) is 7.61. The fourth-order valence-electron chi connectivity index (χ4n) is 1.95. The molecule has 2 rings (SSSR count). The normalized spacial score (nSPS) is 30.3. The number of ether oxygens (including phenoxy) is 1. The molecule has 0 amide bonds. The Labute approximate surface area is 77.5 Å². The van der Waals surface area contributed by atoms with Gasteiger partial charge in [0.1, 0.15) is 0 Å². The van der Waals surface area contributed by atoms with Crippen molar-refractivity contribution in [1.82, 2.24) is 4.90 Å². The molecule has 2 aliphatic heterocycles. The summed E-state index contributed by atoms with van der Waals surface area (Å²) in [5.74, 6) is -0.801. The molecule has 0 aromatic heterocycles. The van der Waals surface area contributed by atoms with Gasteiger partial charge in [-0.1, -0.05) is 0 Å². The van der Waals surface area contributed by atoms with Gasteiger partial charge < -0.3 is 9.84 Å². The van der Waals surface area contributed by atoms with E-state index in [4.69, 9.17) is 9.84 Å². The van der Waals surface area contributed by atoms with Gasteiger partial charge in [-0.05, 0) is 12.8 Å². The quantitative estimate of drug-likeness (QED) is 0.681. The maximum atomic E-state index is 10.5. The van der Waals surface area contributed by atoms with E-state index in [1.54, 1.807) is 0 Å². The zero-order chi connectivity index (χ0) is 9.26. The second kappa shape index (κ2) is 3.64. The molecule has 1 atom stereocenters. The van der Waals surface area contributed by atoms with E-state index in [-0.39, 0.29) is 5.92 Å². The summed E-state index contributed by atoms with van der Waals surface area (Å²) in [5.41, 5.74) is 0. The van der Waals surface area contributed by atoms with Crippen LogP contribution in [-0.2, 0) is 9.53 Å². The molecule has 13 heavy (non-hydrogen) atoms. The number of nitrogens with zero attached hydrogens (tertiary/aromatic N) is 1. The molecule has 2 heterocycles. The molecular weight excluding hydrogens is 170 g/mol. The van der Waals surface area contributed by atoms with E-state index < -0.39 is 5.97 Å². The van der Waals surface area contributed by atoms with E-state index in [9.17, 15) is 4.79 Å². The van der Waals surface area contributed by atoms with Crippen molar-refractivity contribution in [3.05, 3.63) is 0 Å². The largest absolute Gasteiger partial charge is 0.481 e. The van der Waals surface area contributed by atoms with Crippen molar-refractivity contribution in [2.24, 2.45) is 5.92 Å². The molecule has 0 spiro atoms. The molecule has 74 valence electrons. The maximum absolute atomic E-state index is 10.5. The number of hydrogen-bond acceptors (Lipinski definition) is 3. The molecule has 2 aliphatic rings. The molecule has 2 saturated heterocycles. The highest BCUT2D eigenvalue weighted by atomic mass is 16.5. The zero-order valence-corrected chi connectivity index (χ0v) is 7.61. The van der Waals surface area contributed by atoms with E-state index in [0.29, 0.717) is 19.2 Å². The highest BCUT2D eigenvalue weighted by molar-refractivity contribution is 5.71. The van der Waals surface area contributed by atoms with Gasteiger partial charge >= 0.3 is 5.97 Å². The van der Waals surface area contributed by atoms with Gasteiger partial charge in [-0.3, -0.25) is 9.69 Å². The third kappa shape index (κ3) is 2.00.